The summed E-state index contributed by atoms with van der Waals surface area (Å²) in [5.74, 6) is 0. The number of pyridine rings is 1. The van der Waals surface area contributed by atoms with Crippen LogP contribution < -0.4 is 5.32 Å². The highest BCUT2D eigenvalue weighted by atomic mass is 14.9. The molecule has 0 aliphatic carbocycles. The number of hydrogen-bond acceptors (Lipinski definition) is 2. The van der Waals surface area contributed by atoms with Crippen LogP contribution in [-0.2, 0) is 0 Å². The average molecular weight is 190 g/mol. The summed E-state index contributed by atoms with van der Waals surface area (Å²) in [6.45, 7) is 8.35. The Morgan fingerprint density at radius 3 is 3.00 bits per heavy atom. The van der Waals surface area contributed by atoms with Crippen LogP contribution >= 0.6 is 0 Å². The minimum atomic E-state index is 0.479. The highest BCUT2D eigenvalue weighted by Gasteiger charge is 2.02. The molecule has 0 saturated carbocycles. The largest absolute Gasteiger partial charge is 0.383 e. The van der Waals surface area contributed by atoms with E-state index in [0.717, 1.165) is 11.3 Å². The maximum Gasteiger partial charge on any atom is 0.0360 e. The Labute approximate surface area is 86.1 Å². The summed E-state index contributed by atoms with van der Waals surface area (Å²) >= 11 is 0. The lowest BCUT2D eigenvalue weighted by molar-refractivity contribution is 0.587. The van der Waals surface area contributed by atoms with Crippen LogP contribution in [0.2, 0.25) is 0 Å². The lowest BCUT2D eigenvalue weighted by atomic mass is 10.1. The molecule has 0 saturated heterocycles. The van der Waals surface area contributed by atoms with E-state index in [1.165, 1.54) is 12.8 Å². The lowest BCUT2D eigenvalue weighted by Gasteiger charge is -2.16. The molecule has 0 aromatic carbocycles. The van der Waals surface area contributed by atoms with Gasteiger partial charge in [-0.15, -0.1) is 0 Å². The van der Waals surface area contributed by atoms with Crippen molar-refractivity contribution in [1.29, 1.82) is 0 Å². The number of hydrogen-bond donors (Lipinski definition) is 1. The SMILES string of the molecule is C=C(NC(C)CCC)c1cccnc1. The number of aromatic nitrogens is 1. The van der Waals surface area contributed by atoms with E-state index in [9.17, 15) is 0 Å². The molecule has 0 amide bonds. The van der Waals surface area contributed by atoms with Gasteiger partial charge in [-0.05, 0) is 25.5 Å². The van der Waals surface area contributed by atoms with Crippen LogP contribution in [0.5, 0.6) is 0 Å². The molecule has 1 unspecified atom stereocenters. The minimum Gasteiger partial charge on any atom is -0.383 e. The Morgan fingerprint density at radius 2 is 2.43 bits per heavy atom. The molecular weight excluding hydrogens is 172 g/mol. The van der Waals surface area contributed by atoms with Gasteiger partial charge in [0.05, 0.1) is 0 Å². The molecule has 1 atom stereocenters. The van der Waals surface area contributed by atoms with Gasteiger partial charge in [0.1, 0.15) is 0 Å². The molecule has 1 aromatic heterocycles. The zero-order valence-electron chi connectivity index (χ0n) is 8.96. The maximum absolute atomic E-state index is 4.06. The molecule has 14 heavy (non-hydrogen) atoms. The molecular formula is C12H18N2. The second-order valence-corrected chi connectivity index (χ2v) is 3.55. The first-order valence-electron chi connectivity index (χ1n) is 5.10. The van der Waals surface area contributed by atoms with Crippen LogP contribution in [0.1, 0.15) is 32.3 Å². The van der Waals surface area contributed by atoms with E-state index in [0.29, 0.717) is 6.04 Å². The van der Waals surface area contributed by atoms with Gasteiger partial charge in [-0.2, -0.15) is 0 Å². The fourth-order valence-corrected chi connectivity index (χ4v) is 1.43. The number of rotatable bonds is 5. The van der Waals surface area contributed by atoms with Crippen LogP contribution in [0.15, 0.2) is 31.1 Å². The fraction of sp³-hybridized carbons (Fsp3) is 0.417. The zero-order chi connectivity index (χ0) is 10.4. The van der Waals surface area contributed by atoms with Crippen LogP contribution in [0.4, 0.5) is 0 Å². The molecule has 0 radical (unpaired) electrons. The Morgan fingerprint density at radius 1 is 1.64 bits per heavy atom. The highest BCUT2D eigenvalue weighted by molar-refractivity contribution is 5.60. The summed E-state index contributed by atoms with van der Waals surface area (Å²) < 4.78 is 0. The van der Waals surface area contributed by atoms with Crippen LogP contribution in [0.25, 0.3) is 5.70 Å². The molecule has 0 aliphatic rings. The molecule has 2 nitrogen and oxygen atoms in total. The molecule has 1 heterocycles. The van der Waals surface area contributed by atoms with Crippen molar-refractivity contribution < 1.29 is 0 Å². The van der Waals surface area contributed by atoms with Crippen molar-refractivity contribution in [1.82, 2.24) is 10.3 Å². The van der Waals surface area contributed by atoms with Crippen molar-refractivity contribution in [2.24, 2.45) is 0 Å². The molecule has 2 heteroatoms. The average Bonchev–Trinajstić information content (AvgIpc) is 2.19. The predicted octanol–water partition coefficient (Wildman–Crippen LogP) is 2.83. The molecule has 1 rings (SSSR count). The summed E-state index contributed by atoms with van der Waals surface area (Å²) in [4.78, 5) is 4.06. The van der Waals surface area contributed by atoms with Gasteiger partial charge >= 0.3 is 0 Å². The maximum atomic E-state index is 4.06. The normalized spacial score (nSPS) is 12.1. The molecule has 0 bridgehead atoms. The molecule has 0 aliphatic heterocycles. The van der Waals surface area contributed by atoms with Crippen LogP contribution in [0.3, 0.4) is 0 Å². The van der Waals surface area contributed by atoms with Crippen molar-refractivity contribution in [3.05, 3.63) is 36.7 Å². The smallest absolute Gasteiger partial charge is 0.0360 e. The number of nitrogens with one attached hydrogen (secondary N) is 1. The summed E-state index contributed by atoms with van der Waals surface area (Å²) in [5, 5.41) is 3.36. The standard InChI is InChI=1S/C12H18N2/c1-4-6-10(2)14-11(3)12-7-5-8-13-9-12/h5,7-10,14H,3-4,6H2,1-2H3. The van der Waals surface area contributed by atoms with Gasteiger partial charge in [0.15, 0.2) is 0 Å². The molecule has 1 N–H and O–H groups in total. The third-order valence-electron chi connectivity index (χ3n) is 2.15. The van der Waals surface area contributed by atoms with Crippen molar-refractivity contribution in [3.8, 4) is 0 Å². The van der Waals surface area contributed by atoms with E-state index in [-0.39, 0.29) is 0 Å². The topological polar surface area (TPSA) is 24.9 Å². The Balaban J connectivity index is 2.51. The second kappa shape index (κ2) is 5.43. The summed E-state index contributed by atoms with van der Waals surface area (Å²) in [7, 11) is 0. The van der Waals surface area contributed by atoms with E-state index >= 15 is 0 Å². The first-order chi connectivity index (χ1) is 6.74. The summed E-state index contributed by atoms with van der Waals surface area (Å²) in [6.07, 6.45) is 5.95. The summed E-state index contributed by atoms with van der Waals surface area (Å²) in [5.41, 5.74) is 2.02. The van der Waals surface area contributed by atoms with Gasteiger partial charge in [-0.25, -0.2) is 0 Å². The van der Waals surface area contributed by atoms with Crippen LogP contribution in [-0.4, -0.2) is 11.0 Å². The van der Waals surface area contributed by atoms with E-state index in [2.05, 4.69) is 30.7 Å². The first-order valence-corrected chi connectivity index (χ1v) is 5.10. The molecule has 0 fully saturated rings. The van der Waals surface area contributed by atoms with Crippen molar-refractivity contribution in [3.63, 3.8) is 0 Å². The van der Waals surface area contributed by atoms with E-state index in [1.807, 2.05) is 18.3 Å². The Bertz CT molecular complexity index is 280. The lowest BCUT2D eigenvalue weighted by Crippen LogP contribution is -2.23. The van der Waals surface area contributed by atoms with Crippen LogP contribution in [0, 0.1) is 0 Å². The third kappa shape index (κ3) is 3.21. The van der Waals surface area contributed by atoms with Gasteiger partial charge in [-0.3, -0.25) is 4.98 Å². The summed E-state index contributed by atoms with van der Waals surface area (Å²) in [6, 6.07) is 4.42. The van der Waals surface area contributed by atoms with Crippen molar-refractivity contribution >= 4 is 5.70 Å². The minimum absolute atomic E-state index is 0.479. The Hall–Kier alpha value is -1.31. The van der Waals surface area contributed by atoms with Gasteiger partial charge < -0.3 is 5.32 Å². The first kappa shape index (κ1) is 10.8. The predicted molar refractivity (Wildman–Crippen MR) is 60.8 cm³/mol. The monoisotopic (exact) mass is 190 g/mol. The second-order valence-electron chi connectivity index (χ2n) is 3.55. The number of nitrogens with zero attached hydrogens (tertiary/aromatic N) is 1. The fourth-order valence-electron chi connectivity index (χ4n) is 1.43. The van der Waals surface area contributed by atoms with Gasteiger partial charge in [-0.1, -0.05) is 19.9 Å². The van der Waals surface area contributed by atoms with Crippen molar-refractivity contribution in [2.45, 2.75) is 32.7 Å². The third-order valence-corrected chi connectivity index (χ3v) is 2.15. The zero-order valence-corrected chi connectivity index (χ0v) is 8.96. The molecule has 1 aromatic rings. The van der Waals surface area contributed by atoms with Gasteiger partial charge in [0.2, 0.25) is 0 Å². The highest BCUT2D eigenvalue weighted by Crippen LogP contribution is 2.09. The van der Waals surface area contributed by atoms with E-state index in [1.54, 1.807) is 6.20 Å². The van der Waals surface area contributed by atoms with Gasteiger partial charge in [0, 0.05) is 29.7 Å². The van der Waals surface area contributed by atoms with E-state index in [4.69, 9.17) is 0 Å². The van der Waals surface area contributed by atoms with E-state index < -0.39 is 0 Å². The van der Waals surface area contributed by atoms with Gasteiger partial charge in [0.25, 0.3) is 0 Å². The Kier molecular flexibility index (Phi) is 4.17. The molecule has 76 valence electrons. The molecule has 0 spiro atoms. The van der Waals surface area contributed by atoms with Crippen molar-refractivity contribution in [2.75, 3.05) is 0 Å². The quantitative estimate of drug-likeness (QED) is 0.772.